The number of benzene rings is 1. The topological polar surface area (TPSA) is 118 Å². The number of carbonyl (C=O) groups excluding carboxylic acids is 1. The molecule has 2 N–H and O–H groups in total. The fourth-order valence-corrected chi connectivity index (χ4v) is 2.33. The number of oxazole rings is 1. The Labute approximate surface area is 149 Å². The number of hydrogen-bond acceptors (Lipinski definition) is 6. The van der Waals surface area contributed by atoms with Gasteiger partial charge in [-0.25, -0.2) is 19.7 Å². The second-order valence-electron chi connectivity index (χ2n) is 7.07. The molecule has 3 rings (SSSR count). The summed E-state index contributed by atoms with van der Waals surface area (Å²) in [6.45, 7) is 6.30. The SMILES string of the molecule is CC(C)(C)Cc1nc2cc(NC(=O)c3cnc(C(=O)O)cn3)ccc2o1. The van der Waals surface area contributed by atoms with Crippen LogP contribution in [-0.2, 0) is 6.42 Å². The maximum atomic E-state index is 12.2. The van der Waals surface area contributed by atoms with Gasteiger partial charge in [0.25, 0.3) is 5.91 Å². The second kappa shape index (κ2) is 6.55. The number of rotatable bonds is 4. The van der Waals surface area contributed by atoms with Crippen molar-refractivity contribution in [2.45, 2.75) is 27.2 Å². The van der Waals surface area contributed by atoms with Gasteiger partial charge in [0, 0.05) is 12.1 Å². The van der Waals surface area contributed by atoms with Crippen molar-refractivity contribution in [2.75, 3.05) is 5.32 Å². The molecule has 0 spiro atoms. The maximum Gasteiger partial charge on any atom is 0.356 e. The van der Waals surface area contributed by atoms with Crippen molar-refractivity contribution in [1.29, 1.82) is 0 Å². The highest BCUT2D eigenvalue weighted by Gasteiger charge is 2.17. The van der Waals surface area contributed by atoms with E-state index in [2.05, 4.69) is 41.0 Å². The molecular weight excluding hydrogens is 336 g/mol. The van der Waals surface area contributed by atoms with Crippen LogP contribution in [0.3, 0.4) is 0 Å². The quantitative estimate of drug-likeness (QED) is 0.738. The van der Waals surface area contributed by atoms with Gasteiger partial charge in [-0.2, -0.15) is 0 Å². The summed E-state index contributed by atoms with van der Waals surface area (Å²) in [6, 6.07) is 5.15. The van der Waals surface area contributed by atoms with E-state index in [1.807, 2.05) is 0 Å². The van der Waals surface area contributed by atoms with Gasteiger partial charge in [0.15, 0.2) is 17.2 Å². The molecule has 0 unspecified atom stereocenters. The highest BCUT2D eigenvalue weighted by molar-refractivity contribution is 6.03. The van der Waals surface area contributed by atoms with Gasteiger partial charge in [-0.1, -0.05) is 20.8 Å². The van der Waals surface area contributed by atoms with Crippen molar-refractivity contribution < 1.29 is 19.1 Å². The zero-order valence-corrected chi connectivity index (χ0v) is 14.6. The summed E-state index contributed by atoms with van der Waals surface area (Å²) in [4.78, 5) is 34.9. The number of anilines is 1. The summed E-state index contributed by atoms with van der Waals surface area (Å²) in [7, 11) is 0. The summed E-state index contributed by atoms with van der Waals surface area (Å²) in [5.41, 5.74) is 1.67. The Morgan fingerprint density at radius 1 is 1.15 bits per heavy atom. The molecule has 0 saturated carbocycles. The summed E-state index contributed by atoms with van der Waals surface area (Å²) in [5.74, 6) is -1.05. The average molecular weight is 354 g/mol. The van der Waals surface area contributed by atoms with Crippen molar-refractivity contribution in [3.8, 4) is 0 Å². The lowest BCUT2D eigenvalue weighted by molar-refractivity contribution is 0.0689. The Morgan fingerprint density at radius 2 is 1.85 bits per heavy atom. The fourth-order valence-electron chi connectivity index (χ4n) is 2.33. The lowest BCUT2D eigenvalue weighted by Crippen LogP contribution is -2.15. The van der Waals surface area contributed by atoms with E-state index in [4.69, 9.17) is 9.52 Å². The lowest BCUT2D eigenvalue weighted by Gasteiger charge is -2.14. The molecule has 26 heavy (non-hydrogen) atoms. The maximum absolute atomic E-state index is 12.2. The number of nitrogens with one attached hydrogen (secondary N) is 1. The minimum absolute atomic E-state index is 0.0173. The number of carboxylic acid groups (broad SMARTS) is 1. The Kier molecular flexibility index (Phi) is 4.41. The summed E-state index contributed by atoms with van der Waals surface area (Å²) < 4.78 is 5.72. The van der Waals surface area contributed by atoms with Gasteiger partial charge >= 0.3 is 5.97 Å². The second-order valence-corrected chi connectivity index (χ2v) is 7.07. The molecule has 1 aromatic carbocycles. The van der Waals surface area contributed by atoms with Crippen LogP contribution in [0.1, 0.15) is 47.6 Å². The predicted octanol–water partition coefficient (Wildman–Crippen LogP) is 3.16. The lowest BCUT2D eigenvalue weighted by atomic mass is 9.92. The number of aromatic carboxylic acids is 1. The third-order valence-corrected chi connectivity index (χ3v) is 3.47. The zero-order valence-electron chi connectivity index (χ0n) is 14.6. The van der Waals surface area contributed by atoms with Crippen LogP contribution in [0.4, 0.5) is 5.69 Å². The van der Waals surface area contributed by atoms with Gasteiger partial charge < -0.3 is 14.8 Å². The first-order valence-corrected chi connectivity index (χ1v) is 7.97. The molecule has 0 aliphatic carbocycles. The van der Waals surface area contributed by atoms with Gasteiger partial charge in [-0.3, -0.25) is 4.79 Å². The highest BCUT2D eigenvalue weighted by atomic mass is 16.4. The number of nitrogens with zero attached hydrogens (tertiary/aromatic N) is 3. The standard InChI is InChI=1S/C18H18N4O4/c1-18(2,3)7-15-22-11-6-10(4-5-14(11)26-15)21-16(23)12-8-20-13(9-19-12)17(24)25/h4-6,8-9H,7H2,1-3H3,(H,21,23)(H,24,25). The van der Waals surface area contributed by atoms with Crippen molar-refractivity contribution in [3.05, 3.63) is 47.9 Å². The summed E-state index contributed by atoms with van der Waals surface area (Å²) in [6.07, 6.45) is 2.86. The van der Waals surface area contributed by atoms with Gasteiger partial charge in [-0.15, -0.1) is 0 Å². The monoisotopic (exact) mass is 354 g/mol. The Morgan fingerprint density at radius 3 is 2.46 bits per heavy atom. The van der Waals surface area contributed by atoms with Crippen molar-refractivity contribution in [3.63, 3.8) is 0 Å². The normalized spacial score (nSPS) is 11.5. The highest BCUT2D eigenvalue weighted by Crippen LogP contribution is 2.25. The van der Waals surface area contributed by atoms with E-state index in [1.165, 1.54) is 0 Å². The molecule has 0 aliphatic rings. The third-order valence-electron chi connectivity index (χ3n) is 3.47. The molecule has 8 nitrogen and oxygen atoms in total. The van der Waals surface area contributed by atoms with Crippen LogP contribution in [0.25, 0.3) is 11.1 Å². The molecule has 2 heterocycles. The first-order valence-electron chi connectivity index (χ1n) is 7.97. The first-order chi connectivity index (χ1) is 12.2. The van der Waals surface area contributed by atoms with E-state index in [1.54, 1.807) is 18.2 Å². The molecule has 1 amide bonds. The minimum atomic E-state index is -1.20. The minimum Gasteiger partial charge on any atom is -0.476 e. The van der Waals surface area contributed by atoms with Crippen LogP contribution >= 0.6 is 0 Å². The smallest absolute Gasteiger partial charge is 0.356 e. The van der Waals surface area contributed by atoms with Crippen molar-refractivity contribution >= 4 is 28.7 Å². The van der Waals surface area contributed by atoms with Crippen LogP contribution in [0.5, 0.6) is 0 Å². The number of fused-ring (bicyclic) bond motifs is 1. The number of hydrogen-bond donors (Lipinski definition) is 2. The van der Waals surface area contributed by atoms with Crippen LogP contribution in [0, 0.1) is 5.41 Å². The number of aromatic nitrogens is 3. The molecule has 0 fully saturated rings. The van der Waals surface area contributed by atoms with E-state index in [0.29, 0.717) is 29.1 Å². The van der Waals surface area contributed by atoms with E-state index in [0.717, 1.165) is 12.4 Å². The van der Waals surface area contributed by atoms with E-state index in [-0.39, 0.29) is 16.8 Å². The van der Waals surface area contributed by atoms with Gasteiger partial charge in [0.2, 0.25) is 0 Å². The zero-order chi connectivity index (χ0) is 18.9. The summed E-state index contributed by atoms with van der Waals surface area (Å²) in [5, 5.41) is 11.5. The third kappa shape index (κ3) is 4.02. The predicted molar refractivity (Wildman–Crippen MR) is 94.1 cm³/mol. The largest absolute Gasteiger partial charge is 0.476 e. The molecule has 0 bridgehead atoms. The van der Waals surface area contributed by atoms with Crippen molar-refractivity contribution in [2.24, 2.45) is 5.41 Å². The van der Waals surface area contributed by atoms with E-state index >= 15 is 0 Å². The van der Waals surface area contributed by atoms with Crippen LogP contribution in [-0.4, -0.2) is 31.9 Å². The molecule has 134 valence electrons. The molecule has 0 saturated heterocycles. The number of carbonyl (C=O) groups is 2. The molecule has 0 aliphatic heterocycles. The molecule has 3 aromatic rings. The number of carboxylic acids is 1. The Hall–Kier alpha value is -3.29. The van der Waals surface area contributed by atoms with E-state index in [9.17, 15) is 9.59 Å². The molecule has 0 radical (unpaired) electrons. The molecular formula is C18H18N4O4. The van der Waals surface area contributed by atoms with Gasteiger partial charge in [-0.05, 0) is 23.6 Å². The summed E-state index contributed by atoms with van der Waals surface area (Å²) >= 11 is 0. The van der Waals surface area contributed by atoms with Gasteiger partial charge in [0.1, 0.15) is 11.2 Å². The Balaban J connectivity index is 1.77. The molecule has 0 atom stereocenters. The van der Waals surface area contributed by atoms with Gasteiger partial charge in [0.05, 0.1) is 12.4 Å². The molecule has 2 aromatic heterocycles. The average Bonchev–Trinajstić information content (AvgIpc) is 2.94. The van der Waals surface area contributed by atoms with E-state index < -0.39 is 11.9 Å². The van der Waals surface area contributed by atoms with Crippen LogP contribution < -0.4 is 5.32 Å². The van der Waals surface area contributed by atoms with Crippen molar-refractivity contribution in [1.82, 2.24) is 15.0 Å². The first kappa shape index (κ1) is 17.5. The van der Waals surface area contributed by atoms with Crippen LogP contribution in [0.15, 0.2) is 35.0 Å². The molecule has 8 heteroatoms. The Bertz CT molecular complexity index is 971. The fraction of sp³-hybridized carbons (Fsp3) is 0.278. The number of amides is 1. The van der Waals surface area contributed by atoms with Crippen LogP contribution in [0.2, 0.25) is 0 Å².